The van der Waals surface area contributed by atoms with Gasteiger partial charge in [-0.3, -0.25) is 18.6 Å². The summed E-state index contributed by atoms with van der Waals surface area (Å²) in [5, 5.41) is 10.5. The van der Waals surface area contributed by atoms with E-state index in [1.54, 1.807) is 6.08 Å². The summed E-state index contributed by atoms with van der Waals surface area (Å²) < 4.78 is 44.6. The van der Waals surface area contributed by atoms with Crippen molar-refractivity contribution < 1.29 is 56.9 Å². The molecule has 0 bridgehead atoms. The van der Waals surface area contributed by atoms with Crippen molar-refractivity contribution in [3.05, 3.63) is 23.5 Å². The Bertz CT molecular complexity index is 1250. The van der Waals surface area contributed by atoms with Gasteiger partial charge in [0.25, 0.3) is 0 Å². The molecule has 0 saturated heterocycles. The van der Waals surface area contributed by atoms with E-state index in [0.717, 1.165) is 38.5 Å². The molecule has 0 aromatic rings. The van der Waals surface area contributed by atoms with E-state index in [1.807, 2.05) is 0 Å². The van der Waals surface area contributed by atoms with Gasteiger partial charge < -0.3 is 28.9 Å². The second-order valence-corrected chi connectivity index (χ2v) is 18.0. The van der Waals surface area contributed by atoms with Crippen LogP contribution in [-0.2, 0) is 46.9 Å². The number of esters is 3. The molecule has 0 spiro atoms. The van der Waals surface area contributed by atoms with Crippen LogP contribution in [0.5, 0.6) is 0 Å². The fourth-order valence-corrected chi connectivity index (χ4v) is 8.61. The molecule has 0 aromatic carbocycles. The summed E-state index contributed by atoms with van der Waals surface area (Å²) in [7, 11) is -3.44. The smallest absolute Gasteiger partial charge is 0.472 e. The molecule has 2 N–H and O–H groups in total. The van der Waals surface area contributed by atoms with Crippen LogP contribution in [0, 0.1) is 11.8 Å². The van der Waals surface area contributed by atoms with Gasteiger partial charge in [-0.25, -0.2) is 9.36 Å². The molecule has 342 valence electrons. The maximum atomic E-state index is 13.0. The van der Waals surface area contributed by atoms with Crippen LogP contribution < -0.4 is 0 Å². The van der Waals surface area contributed by atoms with E-state index in [0.29, 0.717) is 24.8 Å². The topological polar surface area (TPSA) is 164 Å². The number of hydrogen-bond donors (Lipinski definition) is 2. The molecule has 0 radical (unpaired) electrons. The zero-order valence-corrected chi connectivity index (χ0v) is 37.9. The minimum atomic E-state index is -4.69. The fourth-order valence-electron chi connectivity index (χ4n) is 7.87. The van der Waals surface area contributed by atoms with Crippen LogP contribution in [-0.4, -0.2) is 67.2 Å². The number of rotatable bonds is 38. The van der Waals surface area contributed by atoms with Crippen molar-refractivity contribution in [1.29, 1.82) is 0 Å². The Hall–Kier alpha value is -2.24. The highest BCUT2D eigenvalue weighted by molar-refractivity contribution is 7.47. The molecule has 1 aliphatic carbocycles. The zero-order chi connectivity index (χ0) is 43.0. The van der Waals surface area contributed by atoms with Gasteiger partial charge in [0.15, 0.2) is 6.10 Å². The number of ether oxygens (including phenoxy) is 4. The van der Waals surface area contributed by atoms with E-state index in [4.69, 9.17) is 28.0 Å². The van der Waals surface area contributed by atoms with Gasteiger partial charge in [-0.1, -0.05) is 174 Å². The maximum absolute atomic E-state index is 13.0. The Labute approximate surface area is 356 Å². The SMILES string of the molecule is CCCCCCCCCCCCCCCC(=O)OC[C@H](COP(=O)(O)OCC1=CC[C@@H]2C(C(=O)OC)=CO[C@@H](O)[C@H]12)OC(=O)CCCCCCCCCCCCCCC. The molecule has 13 heteroatoms. The first-order valence-electron chi connectivity index (χ1n) is 23.4. The second kappa shape index (κ2) is 33.4. The number of aliphatic hydroxyl groups is 1. The van der Waals surface area contributed by atoms with Gasteiger partial charge in [0, 0.05) is 18.8 Å². The number of carbonyl (C=O) groups is 3. The average molecular weight is 857 g/mol. The lowest BCUT2D eigenvalue weighted by Gasteiger charge is -2.32. The van der Waals surface area contributed by atoms with Crippen LogP contribution in [0.25, 0.3) is 0 Å². The van der Waals surface area contributed by atoms with E-state index in [9.17, 15) is 28.9 Å². The predicted molar refractivity (Wildman–Crippen MR) is 230 cm³/mol. The summed E-state index contributed by atoms with van der Waals surface area (Å²) in [6.07, 6.45) is 32.3. The first-order valence-corrected chi connectivity index (χ1v) is 24.9. The van der Waals surface area contributed by atoms with Crippen molar-refractivity contribution in [3.8, 4) is 0 Å². The van der Waals surface area contributed by atoms with E-state index < -0.39 is 56.6 Å². The quantitative estimate of drug-likeness (QED) is 0.0199. The van der Waals surface area contributed by atoms with Crippen LogP contribution in [0.4, 0.5) is 0 Å². The van der Waals surface area contributed by atoms with E-state index >= 15 is 0 Å². The minimum Gasteiger partial charge on any atom is -0.472 e. The zero-order valence-electron chi connectivity index (χ0n) is 37.0. The van der Waals surface area contributed by atoms with Gasteiger partial charge in [0.2, 0.25) is 6.29 Å². The molecule has 2 rings (SSSR count). The largest absolute Gasteiger partial charge is 0.472 e. The van der Waals surface area contributed by atoms with Crippen LogP contribution in [0.2, 0.25) is 0 Å². The van der Waals surface area contributed by atoms with Gasteiger partial charge >= 0.3 is 25.7 Å². The van der Waals surface area contributed by atoms with Crippen LogP contribution in [0.15, 0.2) is 23.5 Å². The lowest BCUT2D eigenvalue weighted by atomic mass is 9.83. The van der Waals surface area contributed by atoms with Crippen molar-refractivity contribution in [1.82, 2.24) is 0 Å². The average Bonchev–Trinajstić information content (AvgIpc) is 3.66. The Balaban J connectivity index is 1.75. The molecule has 0 amide bonds. The number of phosphoric acid groups is 1. The summed E-state index contributed by atoms with van der Waals surface area (Å²) in [6, 6.07) is 0. The molecular formula is C46H81O12P. The Morgan fingerprint density at radius 3 is 1.63 bits per heavy atom. The molecular weight excluding hydrogens is 775 g/mol. The van der Waals surface area contributed by atoms with Gasteiger partial charge in [-0.15, -0.1) is 0 Å². The summed E-state index contributed by atoms with van der Waals surface area (Å²) >= 11 is 0. The molecule has 59 heavy (non-hydrogen) atoms. The van der Waals surface area contributed by atoms with Crippen molar-refractivity contribution >= 4 is 25.7 Å². The Kier molecular flexibility index (Phi) is 29.9. The normalized spacial score (nSPS) is 18.9. The lowest BCUT2D eigenvalue weighted by Crippen LogP contribution is -2.35. The molecule has 12 nitrogen and oxygen atoms in total. The fraction of sp³-hybridized carbons (Fsp3) is 0.848. The van der Waals surface area contributed by atoms with Crippen LogP contribution >= 0.6 is 7.82 Å². The summed E-state index contributed by atoms with van der Waals surface area (Å²) in [6.45, 7) is 3.26. The number of carbonyl (C=O) groups excluding carboxylic acids is 3. The lowest BCUT2D eigenvalue weighted by molar-refractivity contribution is -0.161. The van der Waals surface area contributed by atoms with Crippen LogP contribution in [0.1, 0.15) is 200 Å². The molecule has 0 saturated carbocycles. The van der Waals surface area contributed by atoms with Gasteiger partial charge in [0.05, 0.1) is 38.1 Å². The highest BCUT2D eigenvalue weighted by Crippen LogP contribution is 2.47. The summed E-state index contributed by atoms with van der Waals surface area (Å²) in [5.74, 6) is -2.62. The van der Waals surface area contributed by atoms with Crippen LogP contribution in [0.3, 0.4) is 0 Å². The minimum absolute atomic E-state index is 0.178. The number of hydrogen-bond acceptors (Lipinski definition) is 11. The molecule has 1 heterocycles. The van der Waals surface area contributed by atoms with Crippen molar-refractivity contribution in [2.45, 2.75) is 212 Å². The standard InChI is InChI=1S/C46H81O12P/c1-4-6-8-10-12-14-16-18-20-22-24-26-28-30-42(47)54-35-39(58-43(48)31-29-27-25-23-21-19-17-15-13-11-9-7-5-2)36-57-59(51,52)56-34-38-32-33-40-41(45(49)53-3)37-55-46(50)44(38)40/h32,37,39-40,44,46,50H,4-31,33-36H2,1-3H3,(H,51,52)/t39-,40-,44-,46-/m1/s1. The monoisotopic (exact) mass is 857 g/mol. The third-order valence-corrected chi connectivity index (χ3v) is 12.4. The number of allylic oxidation sites excluding steroid dienone is 1. The van der Waals surface area contributed by atoms with Crippen molar-refractivity contribution in [2.24, 2.45) is 11.8 Å². The van der Waals surface area contributed by atoms with Gasteiger partial charge in [-0.2, -0.15) is 0 Å². The molecule has 0 fully saturated rings. The van der Waals surface area contributed by atoms with E-state index in [-0.39, 0.29) is 31.6 Å². The predicted octanol–water partition coefficient (Wildman–Crippen LogP) is 11.5. The molecule has 0 aromatic heterocycles. The molecule has 1 aliphatic heterocycles. The molecule has 2 aliphatic rings. The number of aliphatic hydroxyl groups excluding tert-OH is 1. The number of fused-ring (bicyclic) bond motifs is 1. The maximum Gasteiger partial charge on any atom is 0.472 e. The highest BCUT2D eigenvalue weighted by atomic mass is 31.2. The first kappa shape index (κ1) is 52.9. The second-order valence-electron chi connectivity index (χ2n) is 16.6. The molecule has 5 atom stereocenters. The third kappa shape index (κ3) is 24.7. The summed E-state index contributed by atoms with van der Waals surface area (Å²) in [5.41, 5.74) is 0.724. The van der Waals surface area contributed by atoms with E-state index in [1.165, 1.54) is 129 Å². The highest BCUT2D eigenvalue weighted by Gasteiger charge is 2.44. The Morgan fingerprint density at radius 1 is 0.695 bits per heavy atom. The van der Waals surface area contributed by atoms with Crippen molar-refractivity contribution in [3.63, 3.8) is 0 Å². The third-order valence-electron chi connectivity index (χ3n) is 11.5. The Morgan fingerprint density at radius 2 is 1.15 bits per heavy atom. The molecule has 1 unspecified atom stereocenters. The summed E-state index contributed by atoms with van der Waals surface area (Å²) in [4.78, 5) is 48.2. The van der Waals surface area contributed by atoms with Crippen molar-refractivity contribution in [2.75, 3.05) is 26.9 Å². The van der Waals surface area contributed by atoms with Gasteiger partial charge in [0.1, 0.15) is 6.61 Å². The number of phosphoric ester groups is 1. The van der Waals surface area contributed by atoms with Gasteiger partial charge in [-0.05, 0) is 24.8 Å². The number of unbranched alkanes of at least 4 members (excludes halogenated alkanes) is 24. The number of methoxy groups -OCH3 is 1. The van der Waals surface area contributed by atoms with E-state index in [2.05, 4.69) is 13.8 Å². The first-order chi connectivity index (χ1) is 28.6.